The van der Waals surface area contributed by atoms with Crippen LogP contribution in [0.2, 0.25) is 0 Å². The first-order valence-electron chi connectivity index (χ1n) is 10.1. The Hall–Kier alpha value is -3.42. The lowest BCUT2D eigenvalue weighted by atomic mass is 10.00. The fraction of sp³-hybridized carbons (Fsp3) is 0.391. The Bertz CT molecular complexity index is 926. The summed E-state index contributed by atoms with van der Waals surface area (Å²) in [7, 11) is 4.56. The van der Waals surface area contributed by atoms with Crippen molar-refractivity contribution in [3.63, 3.8) is 0 Å². The van der Waals surface area contributed by atoms with E-state index in [9.17, 15) is 9.59 Å². The van der Waals surface area contributed by atoms with Crippen molar-refractivity contribution in [1.82, 2.24) is 10.2 Å². The number of nitrogens with zero attached hydrogens (tertiary/aromatic N) is 1. The van der Waals surface area contributed by atoms with Gasteiger partial charge in [-0.2, -0.15) is 0 Å². The number of methoxy groups -OCH3 is 3. The van der Waals surface area contributed by atoms with Gasteiger partial charge in [0, 0.05) is 13.1 Å². The Labute approximate surface area is 181 Å². The molecule has 0 radical (unpaired) electrons. The molecule has 1 atom stereocenters. The maximum absolute atomic E-state index is 13.3. The Morgan fingerprint density at radius 2 is 1.87 bits per heavy atom. The number of piperidine rings is 1. The van der Waals surface area contributed by atoms with E-state index in [1.165, 1.54) is 27.6 Å². The van der Waals surface area contributed by atoms with Crippen LogP contribution in [0, 0.1) is 5.92 Å². The van der Waals surface area contributed by atoms with Crippen LogP contribution in [-0.4, -0.2) is 51.1 Å². The molecule has 1 aromatic carbocycles. The van der Waals surface area contributed by atoms with Gasteiger partial charge in [-0.05, 0) is 54.7 Å². The van der Waals surface area contributed by atoms with E-state index in [1.807, 2.05) is 0 Å². The van der Waals surface area contributed by atoms with Crippen LogP contribution in [-0.2, 0) is 4.79 Å². The lowest BCUT2D eigenvalue weighted by molar-refractivity contribution is -0.129. The van der Waals surface area contributed by atoms with Gasteiger partial charge in [-0.1, -0.05) is 6.92 Å². The fourth-order valence-electron chi connectivity index (χ4n) is 3.64. The van der Waals surface area contributed by atoms with Crippen LogP contribution in [0.25, 0.3) is 6.08 Å². The first-order valence-corrected chi connectivity index (χ1v) is 10.1. The second-order valence-corrected chi connectivity index (χ2v) is 7.45. The zero-order valence-corrected chi connectivity index (χ0v) is 18.3. The van der Waals surface area contributed by atoms with E-state index in [4.69, 9.17) is 18.6 Å². The molecular formula is C23H28N2O6. The SMILES string of the molecule is COc1cc(/C=C(\NC(=O)c2ccco2)C(=O)N2CCCC(C)C2)cc(OC)c1OC. The van der Waals surface area contributed by atoms with E-state index in [0.717, 1.165) is 12.8 Å². The third-order valence-corrected chi connectivity index (χ3v) is 5.17. The number of carbonyl (C=O) groups is 2. The third kappa shape index (κ3) is 5.20. The van der Waals surface area contributed by atoms with Gasteiger partial charge in [-0.3, -0.25) is 9.59 Å². The molecule has 0 spiro atoms. The minimum absolute atomic E-state index is 0.121. The number of carbonyl (C=O) groups excluding carboxylic acids is 2. The molecule has 2 heterocycles. The van der Waals surface area contributed by atoms with Crippen molar-refractivity contribution in [1.29, 1.82) is 0 Å². The molecule has 0 aliphatic carbocycles. The van der Waals surface area contributed by atoms with Gasteiger partial charge in [-0.15, -0.1) is 0 Å². The molecule has 1 fully saturated rings. The van der Waals surface area contributed by atoms with Crippen molar-refractivity contribution >= 4 is 17.9 Å². The number of likely N-dealkylation sites (tertiary alicyclic amines) is 1. The first kappa shape index (κ1) is 22.3. The van der Waals surface area contributed by atoms with Crippen LogP contribution in [0.15, 0.2) is 40.6 Å². The molecule has 1 N–H and O–H groups in total. The number of furan rings is 1. The Kier molecular flexibility index (Phi) is 7.23. The molecule has 2 amide bonds. The summed E-state index contributed by atoms with van der Waals surface area (Å²) < 4.78 is 21.3. The molecule has 166 valence electrons. The average molecular weight is 428 g/mol. The molecule has 1 aromatic heterocycles. The van der Waals surface area contributed by atoms with E-state index >= 15 is 0 Å². The second-order valence-electron chi connectivity index (χ2n) is 7.45. The molecule has 1 saturated heterocycles. The predicted molar refractivity (Wildman–Crippen MR) is 115 cm³/mol. The number of benzene rings is 1. The molecule has 8 heteroatoms. The van der Waals surface area contributed by atoms with Gasteiger partial charge >= 0.3 is 0 Å². The summed E-state index contributed by atoms with van der Waals surface area (Å²) in [6.07, 6.45) is 5.02. The minimum atomic E-state index is -0.498. The van der Waals surface area contributed by atoms with Crippen LogP contribution in [0.3, 0.4) is 0 Å². The summed E-state index contributed by atoms with van der Waals surface area (Å²) in [5.74, 6) is 1.12. The smallest absolute Gasteiger partial charge is 0.291 e. The van der Waals surface area contributed by atoms with E-state index in [-0.39, 0.29) is 17.4 Å². The average Bonchev–Trinajstić information content (AvgIpc) is 3.32. The molecule has 8 nitrogen and oxygen atoms in total. The molecule has 0 bridgehead atoms. The maximum atomic E-state index is 13.3. The van der Waals surface area contributed by atoms with E-state index in [1.54, 1.807) is 35.2 Å². The van der Waals surface area contributed by atoms with Gasteiger partial charge in [-0.25, -0.2) is 0 Å². The quantitative estimate of drug-likeness (QED) is 0.681. The number of rotatable bonds is 7. The van der Waals surface area contributed by atoms with Crippen molar-refractivity contribution in [3.8, 4) is 17.2 Å². The van der Waals surface area contributed by atoms with Gasteiger partial charge in [0.25, 0.3) is 11.8 Å². The standard InChI is InChI=1S/C23H28N2O6/c1-15-7-5-9-25(14-15)23(27)17(24-22(26)18-8-6-10-31-18)11-16-12-19(28-2)21(30-4)20(13-16)29-3/h6,8,10-13,15H,5,7,9,14H2,1-4H3,(H,24,26)/b17-11-. The topological polar surface area (TPSA) is 90.2 Å². The van der Waals surface area contributed by atoms with Crippen molar-refractivity contribution < 1.29 is 28.2 Å². The van der Waals surface area contributed by atoms with Crippen LogP contribution in [0.5, 0.6) is 17.2 Å². The summed E-state index contributed by atoms with van der Waals surface area (Å²) in [4.78, 5) is 27.7. The van der Waals surface area contributed by atoms with E-state index in [0.29, 0.717) is 41.8 Å². The highest BCUT2D eigenvalue weighted by Gasteiger charge is 2.26. The normalized spacial score (nSPS) is 16.6. The zero-order chi connectivity index (χ0) is 22.4. The van der Waals surface area contributed by atoms with Crippen molar-refractivity contribution in [2.24, 2.45) is 5.92 Å². The summed E-state index contributed by atoms with van der Waals surface area (Å²) in [6.45, 7) is 3.40. The number of nitrogens with one attached hydrogen (secondary N) is 1. The van der Waals surface area contributed by atoms with Crippen LogP contribution in [0.1, 0.15) is 35.9 Å². The number of hydrogen-bond donors (Lipinski definition) is 1. The molecule has 3 rings (SSSR count). The van der Waals surface area contributed by atoms with E-state index < -0.39 is 5.91 Å². The summed E-state index contributed by atoms with van der Waals surface area (Å²) in [5.41, 5.74) is 0.757. The minimum Gasteiger partial charge on any atom is -0.493 e. The summed E-state index contributed by atoms with van der Waals surface area (Å²) in [6, 6.07) is 6.59. The molecule has 1 aliphatic heterocycles. The fourth-order valence-corrected chi connectivity index (χ4v) is 3.64. The highest BCUT2D eigenvalue weighted by molar-refractivity contribution is 6.04. The van der Waals surface area contributed by atoms with Crippen molar-refractivity contribution in [2.45, 2.75) is 19.8 Å². The van der Waals surface area contributed by atoms with Crippen LogP contribution < -0.4 is 19.5 Å². The first-order chi connectivity index (χ1) is 15.0. The third-order valence-electron chi connectivity index (χ3n) is 5.17. The lowest BCUT2D eigenvalue weighted by Gasteiger charge is -2.31. The molecule has 2 aromatic rings. The monoisotopic (exact) mass is 428 g/mol. The lowest BCUT2D eigenvalue weighted by Crippen LogP contribution is -2.43. The molecule has 31 heavy (non-hydrogen) atoms. The van der Waals surface area contributed by atoms with Crippen LogP contribution in [0.4, 0.5) is 0 Å². The summed E-state index contributed by atoms with van der Waals surface area (Å²) in [5, 5.41) is 2.71. The second kappa shape index (κ2) is 10.1. The Balaban J connectivity index is 1.99. The number of amides is 2. The highest BCUT2D eigenvalue weighted by Crippen LogP contribution is 2.38. The van der Waals surface area contributed by atoms with Gasteiger partial charge in [0.2, 0.25) is 5.75 Å². The van der Waals surface area contributed by atoms with E-state index in [2.05, 4.69) is 12.2 Å². The van der Waals surface area contributed by atoms with Gasteiger partial charge in [0.1, 0.15) is 5.70 Å². The Morgan fingerprint density at radius 1 is 1.16 bits per heavy atom. The Morgan fingerprint density at radius 3 is 2.42 bits per heavy atom. The molecule has 1 aliphatic rings. The molecular weight excluding hydrogens is 400 g/mol. The largest absolute Gasteiger partial charge is 0.493 e. The number of ether oxygens (including phenoxy) is 3. The van der Waals surface area contributed by atoms with Crippen molar-refractivity contribution in [2.75, 3.05) is 34.4 Å². The van der Waals surface area contributed by atoms with Gasteiger partial charge in [0.05, 0.1) is 27.6 Å². The molecule has 0 saturated carbocycles. The van der Waals surface area contributed by atoms with Crippen LogP contribution >= 0.6 is 0 Å². The maximum Gasteiger partial charge on any atom is 0.291 e. The predicted octanol–water partition coefficient (Wildman–Crippen LogP) is 3.33. The highest BCUT2D eigenvalue weighted by atomic mass is 16.5. The number of hydrogen-bond acceptors (Lipinski definition) is 6. The zero-order valence-electron chi connectivity index (χ0n) is 18.3. The van der Waals surface area contributed by atoms with Gasteiger partial charge in [0.15, 0.2) is 17.3 Å². The molecule has 1 unspecified atom stereocenters. The summed E-state index contributed by atoms with van der Waals surface area (Å²) >= 11 is 0. The van der Waals surface area contributed by atoms with Gasteiger partial charge < -0.3 is 28.8 Å². The van der Waals surface area contributed by atoms with Crippen molar-refractivity contribution in [3.05, 3.63) is 47.5 Å².